The van der Waals surface area contributed by atoms with E-state index in [2.05, 4.69) is 0 Å². The first-order valence-electron chi connectivity index (χ1n) is 3.02. The fourth-order valence-corrected chi connectivity index (χ4v) is 1.66. The van der Waals surface area contributed by atoms with Crippen LogP contribution in [-0.2, 0) is 4.79 Å². The summed E-state index contributed by atoms with van der Waals surface area (Å²) < 4.78 is 4.84. The number of hydrogen-bond donors (Lipinski definition) is 0. The molecule has 64 valence electrons. The van der Waals surface area contributed by atoms with Gasteiger partial charge in [0, 0.05) is 0 Å². The van der Waals surface area contributed by atoms with Crippen molar-refractivity contribution in [2.75, 3.05) is 7.11 Å². The van der Waals surface area contributed by atoms with Crippen LogP contribution >= 0.6 is 22.9 Å². The van der Waals surface area contributed by atoms with Gasteiger partial charge in [0.25, 0.3) is 11.0 Å². The van der Waals surface area contributed by atoms with Crippen molar-refractivity contribution in [2.24, 2.45) is 0 Å². The number of ketones is 1. The summed E-state index contributed by atoms with van der Waals surface area (Å²) in [7, 11) is 1.43. The minimum atomic E-state index is -0.990. The van der Waals surface area contributed by atoms with Gasteiger partial charge in [0.2, 0.25) is 0 Å². The lowest BCUT2D eigenvalue weighted by atomic mass is 10.3. The van der Waals surface area contributed by atoms with E-state index in [1.807, 2.05) is 0 Å². The Hall–Kier alpha value is -0.870. The number of halogens is 1. The first kappa shape index (κ1) is 9.22. The van der Waals surface area contributed by atoms with Crippen LogP contribution in [0.3, 0.4) is 0 Å². The van der Waals surface area contributed by atoms with E-state index in [4.69, 9.17) is 16.3 Å². The number of carbonyl (C=O) groups excluding carboxylic acids is 2. The second kappa shape index (κ2) is 3.69. The van der Waals surface area contributed by atoms with Gasteiger partial charge in [0.05, 0.1) is 7.11 Å². The molecule has 1 aromatic rings. The molecular formula is C7H5ClO3S. The molecule has 0 aliphatic carbocycles. The van der Waals surface area contributed by atoms with E-state index in [-0.39, 0.29) is 4.88 Å². The Balaban J connectivity index is 3.02. The smallest absolute Gasteiger partial charge is 0.294 e. The Morgan fingerprint density at radius 3 is 2.75 bits per heavy atom. The second-order valence-corrected chi connectivity index (χ2v) is 3.18. The van der Waals surface area contributed by atoms with Gasteiger partial charge in [0.15, 0.2) is 0 Å². The zero-order valence-corrected chi connectivity index (χ0v) is 7.74. The number of thiophene rings is 1. The maximum absolute atomic E-state index is 11.0. The van der Waals surface area contributed by atoms with Crippen molar-refractivity contribution in [2.45, 2.75) is 0 Å². The van der Waals surface area contributed by atoms with E-state index in [1.54, 1.807) is 11.4 Å². The molecule has 0 amide bonds. The molecule has 1 heterocycles. The molecule has 0 bridgehead atoms. The van der Waals surface area contributed by atoms with E-state index in [1.165, 1.54) is 7.11 Å². The summed E-state index contributed by atoms with van der Waals surface area (Å²) in [5, 5.41) is 0.669. The van der Waals surface area contributed by atoms with Crippen LogP contribution in [0.2, 0.25) is 0 Å². The summed E-state index contributed by atoms with van der Waals surface area (Å²) in [5.74, 6) is -0.331. The zero-order chi connectivity index (χ0) is 9.14. The first-order valence-corrected chi connectivity index (χ1v) is 4.28. The monoisotopic (exact) mass is 204 g/mol. The maximum atomic E-state index is 11.0. The predicted octanol–water partition coefficient (Wildman–Crippen LogP) is 1.70. The summed E-state index contributed by atoms with van der Waals surface area (Å²) in [6.07, 6.45) is 0. The number of Topliss-reactive ketones (excluding diaryl/α,β-unsaturated/α-hetero) is 1. The fourth-order valence-electron chi connectivity index (χ4n) is 0.713. The molecule has 0 radical (unpaired) electrons. The van der Waals surface area contributed by atoms with Crippen LogP contribution in [-0.4, -0.2) is 18.1 Å². The molecule has 0 aliphatic rings. The molecule has 12 heavy (non-hydrogen) atoms. The van der Waals surface area contributed by atoms with Crippen molar-refractivity contribution in [1.29, 1.82) is 0 Å². The third-order valence-corrected chi connectivity index (χ3v) is 2.30. The Morgan fingerprint density at radius 1 is 1.58 bits per heavy atom. The first-order chi connectivity index (χ1) is 5.66. The number of ether oxygens (including phenoxy) is 1. The van der Waals surface area contributed by atoms with Crippen LogP contribution in [0.15, 0.2) is 11.4 Å². The normalized spacial score (nSPS) is 9.50. The highest BCUT2D eigenvalue weighted by atomic mass is 35.5. The standard InChI is InChI=1S/C7H5ClO3S/c1-11-4-2-3-12-6(4)5(9)7(8)10/h2-3H,1H3. The molecule has 5 heteroatoms. The number of rotatable bonds is 3. The van der Waals surface area contributed by atoms with Crippen molar-refractivity contribution in [3.8, 4) is 5.75 Å². The largest absolute Gasteiger partial charge is 0.495 e. The highest BCUT2D eigenvalue weighted by molar-refractivity contribution is 7.14. The summed E-state index contributed by atoms with van der Waals surface area (Å²) >= 11 is 6.14. The van der Waals surface area contributed by atoms with Crippen LogP contribution in [0.1, 0.15) is 9.67 Å². The lowest BCUT2D eigenvalue weighted by Crippen LogP contribution is -2.06. The molecule has 1 aromatic heterocycles. The SMILES string of the molecule is COc1ccsc1C(=O)C(=O)Cl. The average molecular weight is 205 g/mol. The molecule has 0 aromatic carbocycles. The molecule has 0 aliphatic heterocycles. The Bertz CT molecular complexity index is 318. The van der Waals surface area contributed by atoms with Crippen molar-refractivity contribution in [1.82, 2.24) is 0 Å². The van der Waals surface area contributed by atoms with E-state index < -0.39 is 11.0 Å². The van der Waals surface area contributed by atoms with Gasteiger partial charge in [-0.1, -0.05) is 0 Å². The molecule has 0 saturated heterocycles. The van der Waals surface area contributed by atoms with Gasteiger partial charge < -0.3 is 4.74 Å². The third-order valence-electron chi connectivity index (χ3n) is 1.23. The van der Waals surface area contributed by atoms with Crippen molar-refractivity contribution in [3.05, 3.63) is 16.3 Å². The number of carbonyl (C=O) groups is 2. The van der Waals surface area contributed by atoms with Gasteiger partial charge in [-0.3, -0.25) is 9.59 Å². The van der Waals surface area contributed by atoms with Gasteiger partial charge in [-0.25, -0.2) is 0 Å². The molecule has 1 rings (SSSR count). The van der Waals surface area contributed by atoms with Crippen molar-refractivity contribution in [3.63, 3.8) is 0 Å². The minimum Gasteiger partial charge on any atom is -0.495 e. The van der Waals surface area contributed by atoms with E-state index >= 15 is 0 Å². The zero-order valence-electron chi connectivity index (χ0n) is 6.17. The predicted molar refractivity (Wildman–Crippen MR) is 46.1 cm³/mol. The van der Waals surface area contributed by atoms with E-state index in [9.17, 15) is 9.59 Å². The highest BCUT2D eigenvalue weighted by Crippen LogP contribution is 2.25. The van der Waals surface area contributed by atoms with Crippen LogP contribution in [0.5, 0.6) is 5.75 Å². The number of methoxy groups -OCH3 is 1. The molecule has 3 nitrogen and oxygen atoms in total. The molecule has 0 unspecified atom stereocenters. The topological polar surface area (TPSA) is 43.4 Å². The molecular weight excluding hydrogens is 200 g/mol. The van der Waals surface area contributed by atoms with Gasteiger partial charge in [-0.05, 0) is 23.0 Å². The molecule has 0 saturated carbocycles. The van der Waals surface area contributed by atoms with Crippen molar-refractivity contribution >= 4 is 34.0 Å². The highest BCUT2D eigenvalue weighted by Gasteiger charge is 2.19. The Kier molecular flexibility index (Phi) is 2.83. The second-order valence-electron chi connectivity index (χ2n) is 1.92. The summed E-state index contributed by atoms with van der Waals surface area (Å²) in [4.78, 5) is 21.8. The third kappa shape index (κ3) is 1.65. The van der Waals surface area contributed by atoms with Crippen LogP contribution in [0.25, 0.3) is 0 Å². The lowest BCUT2D eigenvalue weighted by molar-refractivity contribution is -0.108. The van der Waals surface area contributed by atoms with E-state index in [0.29, 0.717) is 5.75 Å². The Morgan fingerprint density at radius 2 is 2.25 bits per heavy atom. The summed E-state index contributed by atoms with van der Waals surface area (Å²) in [6.45, 7) is 0. The summed E-state index contributed by atoms with van der Waals surface area (Å²) in [5.41, 5.74) is 0. The Labute approximate surface area is 77.9 Å². The quantitative estimate of drug-likeness (QED) is 0.428. The number of hydrogen-bond acceptors (Lipinski definition) is 4. The average Bonchev–Trinajstić information content (AvgIpc) is 2.49. The van der Waals surface area contributed by atoms with Crippen LogP contribution in [0, 0.1) is 0 Å². The minimum absolute atomic E-state index is 0.248. The van der Waals surface area contributed by atoms with Gasteiger partial charge in [-0.2, -0.15) is 0 Å². The lowest BCUT2D eigenvalue weighted by Gasteiger charge is -1.96. The van der Waals surface area contributed by atoms with Gasteiger partial charge in [0.1, 0.15) is 10.6 Å². The summed E-state index contributed by atoms with van der Waals surface area (Å²) in [6, 6.07) is 1.61. The van der Waals surface area contributed by atoms with E-state index in [0.717, 1.165) is 11.3 Å². The molecule has 0 N–H and O–H groups in total. The van der Waals surface area contributed by atoms with Gasteiger partial charge >= 0.3 is 0 Å². The van der Waals surface area contributed by atoms with Crippen LogP contribution in [0.4, 0.5) is 0 Å². The van der Waals surface area contributed by atoms with Crippen LogP contribution < -0.4 is 4.74 Å². The molecule has 0 fully saturated rings. The maximum Gasteiger partial charge on any atom is 0.294 e. The fraction of sp³-hybridized carbons (Fsp3) is 0.143. The van der Waals surface area contributed by atoms with Gasteiger partial charge in [-0.15, -0.1) is 11.3 Å². The molecule has 0 spiro atoms. The van der Waals surface area contributed by atoms with Crippen molar-refractivity contribution < 1.29 is 14.3 Å². The molecule has 0 atom stereocenters.